The Balaban J connectivity index is 1.96. The SMILES string of the molecule is Cc1c(Cl)cccc1NCC(=O)Nc1cccc(C#N)c1. The lowest BCUT2D eigenvalue weighted by Crippen LogP contribution is -2.22. The largest absolute Gasteiger partial charge is 0.376 e. The fourth-order valence-electron chi connectivity index (χ4n) is 1.85. The van der Waals surface area contributed by atoms with E-state index in [4.69, 9.17) is 16.9 Å². The van der Waals surface area contributed by atoms with Crippen LogP contribution in [0.15, 0.2) is 42.5 Å². The molecule has 0 saturated carbocycles. The third kappa shape index (κ3) is 3.98. The first-order valence-corrected chi connectivity index (χ1v) is 6.77. The molecule has 0 unspecified atom stereocenters. The zero-order chi connectivity index (χ0) is 15.2. The van der Waals surface area contributed by atoms with E-state index < -0.39 is 0 Å². The van der Waals surface area contributed by atoms with Crippen LogP contribution in [0.25, 0.3) is 0 Å². The number of rotatable bonds is 4. The highest BCUT2D eigenvalue weighted by Gasteiger charge is 2.05. The van der Waals surface area contributed by atoms with Crippen LogP contribution in [0.4, 0.5) is 11.4 Å². The molecule has 0 radical (unpaired) electrons. The molecular formula is C16H14ClN3O. The van der Waals surface area contributed by atoms with Crippen molar-refractivity contribution >= 4 is 28.9 Å². The van der Waals surface area contributed by atoms with Gasteiger partial charge in [-0.2, -0.15) is 5.26 Å². The Labute approximate surface area is 128 Å². The van der Waals surface area contributed by atoms with E-state index in [1.807, 2.05) is 25.1 Å². The highest BCUT2D eigenvalue weighted by Crippen LogP contribution is 2.22. The number of carbonyl (C=O) groups is 1. The van der Waals surface area contributed by atoms with E-state index in [0.29, 0.717) is 16.3 Å². The fraction of sp³-hybridized carbons (Fsp3) is 0.125. The van der Waals surface area contributed by atoms with Crippen LogP contribution in [-0.4, -0.2) is 12.5 Å². The minimum atomic E-state index is -0.190. The number of carbonyl (C=O) groups excluding carboxylic acids is 1. The summed E-state index contributed by atoms with van der Waals surface area (Å²) in [6.07, 6.45) is 0. The Bertz CT molecular complexity index is 707. The monoisotopic (exact) mass is 299 g/mol. The summed E-state index contributed by atoms with van der Waals surface area (Å²) in [7, 11) is 0. The van der Waals surface area contributed by atoms with Crippen LogP contribution >= 0.6 is 11.6 Å². The molecule has 0 aliphatic carbocycles. The van der Waals surface area contributed by atoms with Gasteiger partial charge >= 0.3 is 0 Å². The number of nitrogens with one attached hydrogen (secondary N) is 2. The minimum Gasteiger partial charge on any atom is -0.376 e. The van der Waals surface area contributed by atoms with Crippen molar-refractivity contribution in [3.63, 3.8) is 0 Å². The Morgan fingerprint density at radius 1 is 1.29 bits per heavy atom. The molecule has 106 valence electrons. The summed E-state index contributed by atoms with van der Waals surface area (Å²) >= 11 is 6.02. The number of hydrogen-bond acceptors (Lipinski definition) is 3. The Morgan fingerprint density at radius 2 is 2.05 bits per heavy atom. The molecule has 0 aliphatic rings. The molecule has 1 amide bonds. The second-order valence-corrected chi connectivity index (χ2v) is 4.91. The van der Waals surface area contributed by atoms with Crippen molar-refractivity contribution in [1.29, 1.82) is 5.26 Å². The molecule has 0 heterocycles. The lowest BCUT2D eigenvalue weighted by Gasteiger charge is -2.11. The van der Waals surface area contributed by atoms with Crippen LogP contribution in [0, 0.1) is 18.3 Å². The first-order chi connectivity index (χ1) is 10.1. The number of hydrogen-bond donors (Lipinski definition) is 2. The molecule has 2 aromatic rings. The number of nitriles is 1. The summed E-state index contributed by atoms with van der Waals surface area (Å²) in [5.41, 5.74) is 2.83. The third-order valence-electron chi connectivity index (χ3n) is 2.98. The summed E-state index contributed by atoms with van der Waals surface area (Å²) in [4.78, 5) is 11.9. The highest BCUT2D eigenvalue weighted by atomic mass is 35.5. The predicted octanol–water partition coefficient (Wildman–Crippen LogP) is 3.57. The number of anilines is 2. The first kappa shape index (κ1) is 14.9. The molecule has 0 aromatic heterocycles. The van der Waals surface area contributed by atoms with Gasteiger partial charge in [0, 0.05) is 16.4 Å². The molecule has 5 heteroatoms. The maximum atomic E-state index is 11.9. The summed E-state index contributed by atoms with van der Waals surface area (Å²) in [5, 5.41) is 15.2. The summed E-state index contributed by atoms with van der Waals surface area (Å²) in [6.45, 7) is 2.01. The van der Waals surface area contributed by atoms with Gasteiger partial charge in [-0.1, -0.05) is 23.7 Å². The van der Waals surface area contributed by atoms with E-state index in [2.05, 4.69) is 10.6 Å². The zero-order valence-electron chi connectivity index (χ0n) is 11.5. The standard InChI is InChI=1S/C16H14ClN3O/c1-11-14(17)6-3-7-15(11)19-10-16(21)20-13-5-2-4-12(8-13)9-18/h2-8,19H,10H2,1H3,(H,20,21). The van der Waals surface area contributed by atoms with E-state index in [1.54, 1.807) is 30.3 Å². The van der Waals surface area contributed by atoms with Gasteiger partial charge < -0.3 is 10.6 Å². The van der Waals surface area contributed by atoms with Crippen molar-refractivity contribution in [2.75, 3.05) is 17.2 Å². The van der Waals surface area contributed by atoms with E-state index in [0.717, 1.165) is 11.3 Å². The van der Waals surface area contributed by atoms with Crippen molar-refractivity contribution in [2.45, 2.75) is 6.92 Å². The van der Waals surface area contributed by atoms with Crippen LogP contribution in [0.3, 0.4) is 0 Å². The van der Waals surface area contributed by atoms with Crippen LogP contribution in [-0.2, 0) is 4.79 Å². The minimum absolute atomic E-state index is 0.123. The van der Waals surface area contributed by atoms with E-state index in [9.17, 15) is 4.79 Å². The van der Waals surface area contributed by atoms with Gasteiger partial charge in [0.25, 0.3) is 0 Å². The Morgan fingerprint density at radius 3 is 2.81 bits per heavy atom. The molecule has 2 N–H and O–H groups in total. The fourth-order valence-corrected chi connectivity index (χ4v) is 2.02. The molecule has 0 aliphatic heterocycles. The van der Waals surface area contributed by atoms with Crippen LogP contribution in [0.2, 0.25) is 5.02 Å². The van der Waals surface area contributed by atoms with E-state index in [1.165, 1.54) is 0 Å². The third-order valence-corrected chi connectivity index (χ3v) is 3.39. The van der Waals surface area contributed by atoms with Crippen LogP contribution < -0.4 is 10.6 Å². The zero-order valence-corrected chi connectivity index (χ0v) is 12.2. The van der Waals surface area contributed by atoms with Gasteiger partial charge in [0.2, 0.25) is 5.91 Å². The molecule has 2 aromatic carbocycles. The highest BCUT2D eigenvalue weighted by molar-refractivity contribution is 6.31. The van der Waals surface area contributed by atoms with Crippen LogP contribution in [0.5, 0.6) is 0 Å². The molecule has 0 bridgehead atoms. The predicted molar refractivity (Wildman–Crippen MR) is 84.5 cm³/mol. The number of amides is 1. The molecule has 21 heavy (non-hydrogen) atoms. The van der Waals surface area contributed by atoms with Crippen molar-refractivity contribution in [3.05, 3.63) is 58.6 Å². The average molecular weight is 300 g/mol. The maximum absolute atomic E-state index is 11.9. The van der Waals surface area contributed by atoms with Crippen molar-refractivity contribution in [3.8, 4) is 6.07 Å². The Kier molecular flexibility index (Phi) is 4.81. The smallest absolute Gasteiger partial charge is 0.243 e. The molecule has 0 fully saturated rings. The topological polar surface area (TPSA) is 64.9 Å². The van der Waals surface area contributed by atoms with Gasteiger partial charge in [0.1, 0.15) is 0 Å². The molecule has 0 spiro atoms. The second kappa shape index (κ2) is 6.78. The van der Waals surface area contributed by atoms with Crippen molar-refractivity contribution in [1.82, 2.24) is 0 Å². The van der Waals surface area contributed by atoms with Crippen molar-refractivity contribution < 1.29 is 4.79 Å². The van der Waals surface area contributed by atoms with Gasteiger partial charge in [-0.3, -0.25) is 4.79 Å². The van der Waals surface area contributed by atoms with Gasteiger partial charge in [-0.15, -0.1) is 0 Å². The maximum Gasteiger partial charge on any atom is 0.243 e. The molecule has 2 rings (SSSR count). The van der Waals surface area contributed by atoms with Gasteiger partial charge in [-0.25, -0.2) is 0 Å². The number of halogens is 1. The van der Waals surface area contributed by atoms with Gasteiger partial charge in [0.15, 0.2) is 0 Å². The molecule has 4 nitrogen and oxygen atoms in total. The summed E-state index contributed by atoms with van der Waals surface area (Å²) in [5.74, 6) is -0.190. The van der Waals surface area contributed by atoms with Gasteiger partial charge in [0.05, 0.1) is 18.2 Å². The Hall–Kier alpha value is -2.51. The summed E-state index contributed by atoms with van der Waals surface area (Å²) in [6, 6.07) is 14.3. The van der Waals surface area contributed by atoms with Crippen LogP contribution in [0.1, 0.15) is 11.1 Å². The average Bonchev–Trinajstić information content (AvgIpc) is 2.49. The molecule has 0 saturated heterocycles. The van der Waals surface area contributed by atoms with Gasteiger partial charge in [-0.05, 0) is 42.8 Å². The first-order valence-electron chi connectivity index (χ1n) is 6.39. The van der Waals surface area contributed by atoms with E-state index in [-0.39, 0.29) is 12.5 Å². The quantitative estimate of drug-likeness (QED) is 0.907. The van der Waals surface area contributed by atoms with Crippen molar-refractivity contribution in [2.24, 2.45) is 0 Å². The lowest BCUT2D eigenvalue weighted by molar-refractivity contribution is -0.114. The lowest BCUT2D eigenvalue weighted by atomic mass is 10.2. The molecular weight excluding hydrogens is 286 g/mol. The summed E-state index contributed by atoms with van der Waals surface area (Å²) < 4.78 is 0. The van der Waals surface area contributed by atoms with E-state index >= 15 is 0 Å². The normalized spacial score (nSPS) is 9.76. The number of nitrogens with zero attached hydrogens (tertiary/aromatic N) is 1. The molecule has 0 atom stereocenters. The number of benzene rings is 2. The second-order valence-electron chi connectivity index (χ2n) is 4.51.